The van der Waals surface area contributed by atoms with Gasteiger partial charge in [0, 0.05) is 24.0 Å². The van der Waals surface area contributed by atoms with E-state index in [1.807, 2.05) is 19.1 Å². The number of halogens is 2. The van der Waals surface area contributed by atoms with Crippen LogP contribution in [-0.4, -0.2) is 16.0 Å². The van der Waals surface area contributed by atoms with Crippen LogP contribution in [0.25, 0.3) is 0 Å². The largest absolute Gasteiger partial charge is 0.484 e. The van der Waals surface area contributed by atoms with E-state index in [1.54, 1.807) is 29.4 Å². The third kappa shape index (κ3) is 3.15. The topological polar surface area (TPSA) is 67.4 Å². The average molecular weight is 425 g/mol. The van der Waals surface area contributed by atoms with Crippen molar-refractivity contribution in [3.63, 3.8) is 0 Å². The molecule has 1 N–H and O–H groups in total. The quantitative estimate of drug-likeness (QED) is 0.614. The summed E-state index contributed by atoms with van der Waals surface area (Å²) in [5.74, 6) is 0.724. The van der Waals surface area contributed by atoms with Gasteiger partial charge in [-0.3, -0.25) is 15.2 Å². The van der Waals surface area contributed by atoms with Gasteiger partial charge in [-0.1, -0.05) is 17.7 Å². The Morgan fingerprint density at radius 1 is 1.27 bits per heavy atom. The molecule has 0 aliphatic carbocycles. The average Bonchev–Trinajstić information content (AvgIpc) is 2.73. The molecule has 0 bridgehead atoms. The first kappa shape index (κ1) is 18.8. The Labute approximate surface area is 177 Å². The molecule has 0 saturated heterocycles. The minimum Gasteiger partial charge on any atom is -0.484 e. The van der Waals surface area contributed by atoms with Crippen LogP contribution >= 0.6 is 11.6 Å². The molecule has 4 heterocycles. The number of urea groups is 1. The third-order valence-corrected chi connectivity index (χ3v) is 5.85. The highest BCUT2D eigenvalue weighted by atomic mass is 35.5. The lowest BCUT2D eigenvalue weighted by atomic mass is 9.97. The smallest absolute Gasteiger partial charge is 0.327 e. The predicted molar refractivity (Wildman–Crippen MR) is 112 cm³/mol. The number of anilines is 2. The summed E-state index contributed by atoms with van der Waals surface area (Å²) in [4.78, 5) is 22.7. The van der Waals surface area contributed by atoms with Crippen molar-refractivity contribution >= 4 is 29.1 Å². The first-order chi connectivity index (χ1) is 14.5. The fourth-order valence-electron chi connectivity index (χ4n) is 3.98. The number of aromatic nitrogens is 2. The van der Waals surface area contributed by atoms with Gasteiger partial charge in [0.15, 0.2) is 0 Å². The number of nitrogens with zero attached hydrogens (tertiary/aromatic N) is 3. The number of fused-ring (bicyclic) bond motifs is 2. The summed E-state index contributed by atoms with van der Waals surface area (Å²) in [6, 6.07) is 8.21. The third-order valence-electron chi connectivity index (χ3n) is 5.49. The molecule has 2 aliphatic heterocycles. The van der Waals surface area contributed by atoms with Gasteiger partial charge in [-0.05, 0) is 49.1 Å². The molecule has 0 spiro atoms. The second-order valence-electron chi connectivity index (χ2n) is 7.40. The molecule has 0 saturated carbocycles. The second kappa shape index (κ2) is 7.25. The first-order valence-electron chi connectivity index (χ1n) is 9.64. The van der Waals surface area contributed by atoms with Gasteiger partial charge in [0.25, 0.3) is 0 Å². The van der Waals surface area contributed by atoms with Gasteiger partial charge in [-0.2, -0.15) is 0 Å². The lowest BCUT2D eigenvalue weighted by molar-refractivity contribution is 0.167. The van der Waals surface area contributed by atoms with Crippen LogP contribution in [0.4, 0.5) is 20.7 Å². The van der Waals surface area contributed by atoms with E-state index in [0.29, 0.717) is 40.9 Å². The Bertz CT molecular complexity index is 1170. The van der Waals surface area contributed by atoms with Crippen molar-refractivity contribution in [2.24, 2.45) is 0 Å². The molecule has 0 fully saturated rings. The molecule has 6 nitrogen and oxygen atoms in total. The fourth-order valence-corrected chi connectivity index (χ4v) is 4.18. The molecule has 30 heavy (non-hydrogen) atoms. The number of pyridine rings is 2. The lowest BCUT2D eigenvalue weighted by Gasteiger charge is -2.32. The molecule has 2 aromatic heterocycles. The minimum atomic E-state index is -0.469. The second-order valence-corrected chi connectivity index (χ2v) is 7.81. The van der Waals surface area contributed by atoms with Crippen LogP contribution < -0.4 is 15.0 Å². The Kier molecular flexibility index (Phi) is 4.55. The van der Waals surface area contributed by atoms with Crippen LogP contribution in [-0.2, 0) is 13.0 Å². The molecule has 5 rings (SSSR count). The zero-order valence-electron chi connectivity index (χ0n) is 16.2. The number of carbonyl (C=O) groups is 1. The fraction of sp³-hybridized carbons (Fsp3) is 0.227. The maximum atomic E-state index is 14.2. The van der Waals surface area contributed by atoms with Crippen molar-refractivity contribution in [3.05, 3.63) is 75.9 Å². The summed E-state index contributed by atoms with van der Waals surface area (Å²) in [5, 5.41) is 3.33. The van der Waals surface area contributed by atoms with Gasteiger partial charge in [-0.25, -0.2) is 14.2 Å². The van der Waals surface area contributed by atoms with Gasteiger partial charge in [-0.15, -0.1) is 0 Å². The zero-order valence-corrected chi connectivity index (χ0v) is 16.9. The number of nitrogens with one attached hydrogen (secondary N) is 1. The number of amides is 2. The molecule has 2 amide bonds. The van der Waals surface area contributed by atoms with E-state index in [9.17, 15) is 9.18 Å². The van der Waals surface area contributed by atoms with Crippen LogP contribution in [0.1, 0.15) is 34.9 Å². The van der Waals surface area contributed by atoms with Crippen molar-refractivity contribution < 1.29 is 13.9 Å². The maximum Gasteiger partial charge on any atom is 0.327 e. The number of rotatable bonds is 2. The van der Waals surface area contributed by atoms with Crippen LogP contribution in [0.5, 0.6) is 5.75 Å². The van der Waals surface area contributed by atoms with Gasteiger partial charge < -0.3 is 4.74 Å². The Hall–Kier alpha value is -3.19. The number of carbonyl (C=O) groups excluding carboxylic acids is 1. The van der Waals surface area contributed by atoms with E-state index < -0.39 is 6.10 Å². The standard InChI is InChI=1S/C22H18ClFN4O2/c1-12-9-13-4-5-18(20-16(24)3-2-7-25-20)30-19(13)10-17(12)28-11-14-15(23)6-8-26-21(14)27-22(28)29/h2-3,6-10,18H,4-5,11H2,1H3,(H,26,27,29). The summed E-state index contributed by atoms with van der Waals surface area (Å²) in [5.41, 5.74) is 3.73. The van der Waals surface area contributed by atoms with E-state index in [-0.39, 0.29) is 11.8 Å². The van der Waals surface area contributed by atoms with Gasteiger partial charge in [0.2, 0.25) is 0 Å². The zero-order chi connectivity index (χ0) is 20.8. The highest BCUT2D eigenvalue weighted by molar-refractivity contribution is 6.32. The molecule has 8 heteroatoms. The molecule has 152 valence electrons. The first-order valence-corrected chi connectivity index (χ1v) is 10.0. The molecular formula is C22H18ClFN4O2. The molecule has 1 aromatic carbocycles. The van der Waals surface area contributed by atoms with Crippen molar-refractivity contribution in [2.75, 3.05) is 10.2 Å². The summed E-state index contributed by atoms with van der Waals surface area (Å²) >= 11 is 6.31. The lowest BCUT2D eigenvalue weighted by Crippen LogP contribution is -2.39. The Balaban J connectivity index is 1.50. The summed E-state index contributed by atoms with van der Waals surface area (Å²) in [6.07, 6.45) is 4.03. The van der Waals surface area contributed by atoms with Crippen molar-refractivity contribution in [2.45, 2.75) is 32.4 Å². The monoisotopic (exact) mass is 424 g/mol. The van der Waals surface area contributed by atoms with Gasteiger partial charge >= 0.3 is 6.03 Å². The number of ether oxygens (including phenoxy) is 1. The summed E-state index contributed by atoms with van der Waals surface area (Å²) < 4.78 is 20.3. The highest BCUT2D eigenvalue weighted by Gasteiger charge is 2.30. The maximum absolute atomic E-state index is 14.2. The summed E-state index contributed by atoms with van der Waals surface area (Å²) in [7, 11) is 0. The van der Waals surface area contributed by atoms with E-state index in [2.05, 4.69) is 15.3 Å². The minimum absolute atomic E-state index is 0.288. The van der Waals surface area contributed by atoms with Crippen LogP contribution in [0.15, 0.2) is 42.7 Å². The van der Waals surface area contributed by atoms with Crippen LogP contribution in [0.3, 0.4) is 0 Å². The Morgan fingerprint density at radius 3 is 2.97 bits per heavy atom. The van der Waals surface area contributed by atoms with Crippen LogP contribution in [0.2, 0.25) is 5.02 Å². The van der Waals surface area contributed by atoms with Crippen molar-refractivity contribution in [1.29, 1.82) is 0 Å². The van der Waals surface area contributed by atoms with Gasteiger partial charge in [0.1, 0.15) is 29.2 Å². The molecule has 3 aromatic rings. The molecule has 1 atom stereocenters. The normalized spacial score (nSPS) is 17.6. The molecular weight excluding hydrogens is 407 g/mol. The highest BCUT2D eigenvalue weighted by Crippen LogP contribution is 2.40. The molecule has 2 aliphatic rings. The number of hydrogen-bond donors (Lipinski definition) is 1. The number of aryl methyl sites for hydroxylation is 2. The Morgan fingerprint density at radius 2 is 2.13 bits per heavy atom. The van der Waals surface area contributed by atoms with Crippen LogP contribution in [0, 0.1) is 12.7 Å². The van der Waals surface area contributed by atoms with Crippen molar-refractivity contribution in [1.82, 2.24) is 9.97 Å². The predicted octanol–water partition coefficient (Wildman–Crippen LogP) is 5.20. The summed E-state index contributed by atoms with van der Waals surface area (Å²) in [6.45, 7) is 2.25. The van der Waals surface area contributed by atoms with E-state index in [0.717, 1.165) is 23.1 Å². The van der Waals surface area contributed by atoms with E-state index >= 15 is 0 Å². The number of benzene rings is 1. The number of hydrogen-bond acceptors (Lipinski definition) is 4. The molecule has 1 unspecified atom stereocenters. The van der Waals surface area contributed by atoms with Gasteiger partial charge in [0.05, 0.1) is 17.3 Å². The van der Waals surface area contributed by atoms with E-state index in [1.165, 1.54) is 6.07 Å². The van der Waals surface area contributed by atoms with E-state index in [4.69, 9.17) is 16.3 Å². The molecule has 0 radical (unpaired) electrons. The SMILES string of the molecule is Cc1cc2c(cc1N1Cc3c(Cl)ccnc3NC1=O)OC(c1ncccc1F)CC2. The van der Waals surface area contributed by atoms with Crippen molar-refractivity contribution in [3.8, 4) is 5.75 Å².